The third-order valence-corrected chi connectivity index (χ3v) is 3.32. The van der Waals surface area contributed by atoms with Crippen molar-refractivity contribution in [2.75, 3.05) is 25.6 Å². The number of nitrogens with two attached hydrogens (primary N) is 1. The van der Waals surface area contributed by atoms with E-state index < -0.39 is 0 Å². The van der Waals surface area contributed by atoms with Gasteiger partial charge in [-0.2, -0.15) is 0 Å². The number of fused-ring (bicyclic) bond motifs is 1. The number of para-hydroxylation sites is 1. The van der Waals surface area contributed by atoms with Gasteiger partial charge in [-0.25, -0.2) is 4.98 Å². The SMILES string of the molecule is Nc1nc2cccc(Cl)c2n1CC1COCCO1. The number of halogens is 1. The van der Waals surface area contributed by atoms with Crippen molar-refractivity contribution >= 4 is 28.6 Å². The fraction of sp³-hybridized carbons (Fsp3) is 0.417. The van der Waals surface area contributed by atoms with Crippen LogP contribution >= 0.6 is 11.6 Å². The Kier molecular flexibility index (Phi) is 3.11. The van der Waals surface area contributed by atoms with Crippen molar-refractivity contribution in [3.05, 3.63) is 23.2 Å². The largest absolute Gasteiger partial charge is 0.376 e. The maximum Gasteiger partial charge on any atom is 0.201 e. The second kappa shape index (κ2) is 4.76. The molecular formula is C12H14ClN3O2. The van der Waals surface area contributed by atoms with Gasteiger partial charge in [0, 0.05) is 0 Å². The molecule has 1 fully saturated rings. The van der Waals surface area contributed by atoms with Crippen molar-refractivity contribution in [3.63, 3.8) is 0 Å². The zero-order valence-electron chi connectivity index (χ0n) is 9.80. The molecule has 96 valence electrons. The average Bonchev–Trinajstić information content (AvgIpc) is 2.69. The summed E-state index contributed by atoms with van der Waals surface area (Å²) in [6.45, 7) is 2.44. The summed E-state index contributed by atoms with van der Waals surface area (Å²) in [6, 6.07) is 5.59. The fourth-order valence-electron chi connectivity index (χ4n) is 2.19. The molecule has 1 aliphatic heterocycles. The molecule has 0 amide bonds. The van der Waals surface area contributed by atoms with E-state index in [9.17, 15) is 0 Å². The number of rotatable bonds is 2. The van der Waals surface area contributed by atoms with E-state index in [4.69, 9.17) is 26.8 Å². The van der Waals surface area contributed by atoms with Crippen molar-refractivity contribution in [2.24, 2.45) is 0 Å². The van der Waals surface area contributed by atoms with Crippen LogP contribution < -0.4 is 5.73 Å². The van der Waals surface area contributed by atoms with Gasteiger partial charge in [-0.15, -0.1) is 0 Å². The number of benzene rings is 1. The summed E-state index contributed by atoms with van der Waals surface area (Å²) >= 11 is 6.20. The summed E-state index contributed by atoms with van der Waals surface area (Å²) < 4.78 is 12.9. The number of ether oxygens (including phenoxy) is 2. The van der Waals surface area contributed by atoms with Gasteiger partial charge >= 0.3 is 0 Å². The van der Waals surface area contributed by atoms with E-state index in [-0.39, 0.29) is 6.10 Å². The minimum absolute atomic E-state index is 0.00489. The quantitative estimate of drug-likeness (QED) is 0.899. The minimum Gasteiger partial charge on any atom is -0.376 e. The molecule has 5 nitrogen and oxygen atoms in total. The number of hydrogen-bond acceptors (Lipinski definition) is 4. The molecule has 0 radical (unpaired) electrons. The summed E-state index contributed by atoms with van der Waals surface area (Å²) in [5.74, 6) is 0.451. The molecule has 0 spiro atoms. The van der Waals surface area contributed by atoms with E-state index in [0.717, 1.165) is 11.0 Å². The Morgan fingerprint density at radius 2 is 2.33 bits per heavy atom. The van der Waals surface area contributed by atoms with Crippen molar-refractivity contribution in [2.45, 2.75) is 12.6 Å². The van der Waals surface area contributed by atoms with Crippen molar-refractivity contribution in [1.82, 2.24) is 9.55 Å². The molecule has 1 aliphatic rings. The molecule has 0 aliphatic carbocycles. The highest BCUT2D eigenvalue weighted by molar-refractivity contribution is 6.35. The van der Waals surface area contributed by atoms with Crippen LogP contribution in [0.4, 0.5) is 5.95 Å². The van der Waals surface area contributed by atoms with Crippen LogP contribution in [0.3, 0.4) is 0 Å². The predicted molar refractivity (Wildman–Crippen MR) is 69.7 cm³/mol. The van der Waals surface area contributed by atoms with Gasteiger partial charge in [-0.1, -0.05) is 17.7 Å². The molecule has 0 saturated carbocycles. The number of imidazole rings is 1. The number of anilines is 1. The third-order valence-electron chi connectivity index (χ3n) is 3.02. The first-order valence-electron chi connectivity index (χ1n) is 5.85. The first kappa shape index (κ1) is 11.8. The van der Waals surface area contributed by atoms with Crippen LogP contribution in [0.5, 0.6) is 0 Å². The fourth-order valence-corrected chi connectivity index (χ4v) is 2.46. The van der Waals surface area contributed by atoms with Crippen LogP contribution in [0.1, 0.15) is 0 Å². The highest BCUT2D eigenvalue weighted by Crippen LogP contribution is 2.26. The van der Waals surface area contributed by atoms with Gasteiger partial charge in [0.05, 0.1) is 48.5 Å². The van der Waals surface area contributed by atoms with Crippen LogP contribution in [0.25, 0.3) is 11.0 Å². The molecule has 3 rings (SSSR count). The highest BCUT2D eigenvalue weighted by atomic mass is 35.5. The van der Waals surface area contributed by atoms with E-state index in [0.29, 0.717) is 37.3 Å². The van der Waals surface area contributed by atoms with Crippen LogP contribution in [-0.4, -0.2) is 35.5 Å². The number of nitrogens with zero attached hydrogens (tertiary/aromatic N) is 2. The normalized spacial score (nSPS) is 20.4. The second-order valence-corrected chi connectivity index (χ2v) is 4.66. The smallest absolute Gasteiger partial charge is 0.201 e. The van der Waals surface area contributed by atoms with Gasteiger partial charge in [-0.05, 0) is 12.1 Å². The van der Waals surface area contributed by atoms with Crippen LogP contribution in [0.2, 0.25) is 5.02 Å². The van der Waals surface area contributed by atoms with E-state index in [2.05, 4.69) is 4.98 Å². The van der Waals surface area contributed by atoms with Crippen LogP contribution in [-0.2, 0) is 16.0 Å². The molecule has 1 aromatic carbocycles. The molecule has 18 heavy (non-hydrogen) atoms. The summed E-state index contributed by atoms with van der Waals surface area (Å²) in [6.07, 6.45) is -0.00489. The van der Waals surface area contributed by atoms with E-state index in [1.165, 1.54) is 0 Å². The lowest BCUT2D eigenvalue weighted by Gasteiger charge is -2.23. The zero-order chi connectivity index (χ0) is 12.5. The molecule has 1 unspecified atom stereocenters. The Bertz CT molecular complexity index is 564. The van der Waals surface area contributed by atoms with E-state index >= 15 is 0 Å². The molecule has 6 heteroatoms. The predicted octanol–water partition coefficient (Wildman–Crippen LogP) is 1.69. The standard InChI is InChI=1S/C12H14ClN3O2/c13-9-2-1-3-10-11(9)16(12(14)15-10)6-8-7-17-4-5-18-8/h1-3,8H,4-7H2,(H2,14,15). The lowest BCUT2D eigenvalue weighted by Crippen LogP contribution is -2.32. The number of hydrogen-bond donors (Lipinski definition) is 1. The first-order valence-corrected chi connectivity index (χ1v) is 6.23. The Labute approximate surface area is 109 Å². The minimum atomic E-state index is -0.00489. The molecule has 1 atom stereocenters. The van der Waals surface area contributed by atoms with E-state index in [1.807, 2.05) is 22.8 Å². The average molecular weight is 268 g/mol. The topological polar surface area (TPSA) is 62.3 Å². The summed E-state index contributed by atoms with van der Waals surface area (Å²) in [4.78, 5) is 4.30. The van der Waals surface area contributed by atoms with Crippen LogP contribution in [0, 0.1) is 0 Å². The van der Waals surface area contributed by atoms with Gasteiger partial charge in [0.2, 0.25) is 5.95 Å². The van der Waals surface area contributed by atoms with Crippen molar-refractivity contribution in [1.29, 1.82) is 0 Å². The summed E-state index contributed by atoms with van der Waals surface area (Å²) in [5, 5.41) is 0.647. The summed E-state index contributed by atoms with van der Waals surface area (Å²) in [5.41, 5.74) is 7.59. The van der Waals surface area contributed by atoms with E-state index in [1.54, 1.807) is 0 Å². The third kappa shape index (κ3) is 2.05. The zero-order valence-corrected chi connectivity index (χ0v) is 10.6. The molecule has 2 N–H and O–H groups in total. The molecule has 2 heterocycles. The van der Waals surface area contributed by atoms with Crippen LogP contribution in [0.15, 0.2) is 18.2 Å². The molecule has 2 aromatic rings. The lowest BCUT2D eigenvalue weighted by atomic mass is 10.3. The van der Waals surface area contributed by atoms with Gasteiger partial charge in [-0.3, -0.25) is 0 Å². The van der Waals surface area contributed by atoms with Gasteiger partial charge in [0.1, 0.15) is 0 Å². The molecule has 1 saturated heterocycles. The Hall–Kier alpha value is -1.30. The lowest BCUT2D eigenvalue weighted by molar-refractivity contribution is -0.0930. The van der Waals surface area contributed by atoms with Crippen molar-refractivity contribution < 1.29 is 9.47 Å². The number of nitrogen functional groups attached to an aromatic ring is 1. The maximum absolute atomic E-state index is 6.20. The Balaban J connectivity index is 1.97. The molecular weight excluding hydrogens is 254 g/mol. The molecule has 0 bridgehead atoms. The van der Waals surface area contributed by atoms with Gasteiger partial charge in [0.15, 0.2) is 0 Å². The maximum atomic E-state index is 6.20. The number of aromatic nitrogens is 2. The van der Waals surface area contributed by atoms with Crippen molar-refractivity contribution in [3.8, 4) is 0 Å². The second-order valence-electron chi connectivity index (χ2n) is 4.26. The van der Waals surface area contributed by atoms with Gasteiger partial charge in [0.25, 0.3) is 0 Å². The monoisotopic (exact) mass is 267 g/mol. The molecule has 1 aromatic heterocycles. The highest BCUT2D eigenvalue weighted by Gasteiger charge is 2.19. The Morgan fingerprint density at radius 3 is 3.11 bits per heavy atom. The first-order chi connectivity index (χ1) is 8.75. The summed E-state index contributed by atoms with van der Waals surface area (Å²) in [7, 11) is 0. The van der Waals surface area contributed by atoms with Gasteiger partial charge < -0.3 is 19.8 Å². The Morgan fingerprint density at radius 1 is 1.44 bits per heavy atom.